The largest absolute Gasteiger partial charge is 0.494 e. The van der Waals surface area contributed by atoms with Gasteiger partial charge in [0.1, 0.15) is 11.6 Å². The van der Waals surface area contributed by atoms with Gasteiger partial charge in [0.25, 0.3) is 0 Å². The number of hydrogen-bond acceptors (Lipinski definition) is 5. The van der Waals surface area contributed by atoms with Gasteiger partial charge in [-0.3, -0.25) is 9.36 Å². The van der Waals surface area contributed by atoms with Crippen LogP contribution in [0, 0.1) is 13.8 Å². The predicted molar refractivity (Wildman–Crippen MR) is 137 cm³/mol. The minimum absolute atomic E-state index is 0.0842. The van der Waals surface area contributed by atoms with Gasteiger partial charge in [0, 0.05) is 17.8 Å². The summed E-state index contributed by atoms with van der Waals surface area (Å²) in [5.41, 5.74) is 5.21. The molecule has 0 unspecified atom stereocenters. The summed E-state index contributed by atoms with van der Waals surface area (Å²) < 4.78 is 7.60. The highest BCUT2D eigenvalue weighted by molar-refractivity contribution is 7.99. The van der Waals surface area contributed by atoms with Gasteiger partial charge in [0.2, 0.25) is 5.91 Å². The van der Waals surface area contributed by atoms with Crippen LogP contribution in [0.2, 0.25) is 0 Å². The maximum atomic E-state index is 12.6. The zero-order valence-corrected chi connectivity index (χ0v) is 20.4. The van der Waals surface area contributed by atoms with Gasteiger partial charge in [-0.05, 0) is 73.9 Å². The highest BCUT2D eigenvalue weighted by atomic mass is 32.2. The highest BCUT2D eigenvalue weighted by Gasteiger charge is 2.17. The Kier molecular flexibility index (Phi) is 7.65. The molecular formula is C27H28N4O2S. The van der Waals surface area contributed by atoms with Gasteiger partial charge in [-0.15, -0.1) is 10.2 Å². The number of thioether (sulfide) groups is 1. The van der Waals surface area contributed by atoms with Gasteiger partial charge in [-0.1, -0.05) is 48.2 Å². The van der Waals surface area contributed by atoms with Crippen molar-refractivity contribution in [1.82, 2.24) is 14.8 Å². The van der Waals surface area contributed by atoms with Crippen molar-refractivity contribution in [3.63, 3.8) is 0 Å². The number of nitrogens with zero attached hydrogens (tertiary/aromatic N) is 3. The second-order valence-electron chi connectivity index (χ2n) is 7.96. The lowest BCUT2D eigenvalue weighted by molar-refractivity contribution is -0.113. The molecule has 0 spiro atoms. The molecule has 174 valence electrons. The van der Waals surface area contributed by atoms with Crippen molar-refractivity contribution < 1.29 is 9.53 Å². The molecule has 3 aromatic carbocycles. The number of carbonyl (C=O) groups excluding carboxylic acids is 1. The monoisotopic (exact) mass is 472 g/mol. The van der Waals surface area contributed by atoms with Crippen LogP contribution in [0.1, 0.15) is 29.4 Å². The van der Waals surface area contributed by atoms with Crippen molar-refractivity contribution >= 4 is 23.4 Å². The fraction of sp³-hybridized carbons (Fsp3) is 0.222. The number of rotatable bonds is 9. The van der Waals surface area contributed by atoms with E-state index in [9.17, 15) is 4.79 Å². The third-order valence-corrected chi connectivity index (χ3v) is 6.36. The van der Waals surface area contributed by atoms with E-state index in [0.717, 1.165) is 34.1 Å². The summed E-state index contributed by atoms with van der Waals surface area (Å²) in [7, 11) is 0. The van der Waals surface area contributed by atoms with E-state index in [0.29, 0.717) is 18.2 Å². The van der Waals surface area contributed by atoms with Gasteiger partial charge in [0.05, 0.1) is 12.4 Å². The Balaban J connectivity index is 1.54. The maximum Gasteiger partial charge on any atom is 0.234 e. The number of benzene rings is 3. The molecule has 1 amide bonds. The summed E-state index contributed by atoms with van der Waals surface area (Å²) in [4.78, 5) is 12.6. The lowest BCUT2D eigenvalue weighted by atomic mass is 10.1. The van der Waals surface area contributed by atoms with Gasteiger partial charge in [-0.2, -0.15) is 0 Å². The van der Waals surface area contributed by atoms with E-state index < -0.39 is 0 Å². The zero-order chi connectivity index (χ0) is 23.9. The second-order valence-corrected chi connectivity index (χ2v) is 8.90. The Hall–Kier alpha value is -3.58. The Morgan fingerprint density at radius 3 is 2.44 bits per heavy atom. The number of amides is 1. The van der Waals surface area contributed by atoms with Crippen molar-refractivity contribution in [3.05, 3.63) is 95.3 Å². The minimum Gasteiger partial charge on any atom is -0.494 e. The summed E-state index contributed by atoms with van der Waals surface area (Å²) >= 11 is 1.37. The maximum absolute atomic E-state index is 12.6. The number of hydrogen-bond donors (Lipinski definition) is 1. The Bertz CT molecular complexity index is 1250. The van der Waals surface area contributed by atoms with E-state index >= 15 is 0 Å². The van der Waals surface area contributed by atoms with Crippen LogP contribution >= 0.6 is 11.8 Å². The Morgan fingerprint density at radius 1 is 0.971 bits per heavy atom. The third kappa shape index (κ3) is 5.85. The molecule has 0 bridgehead atoms. The molecule has 0 saturated carbocycles. The predicted octanol–water partition coefficient (Wildman–Crippen LogP) is 5.60. The van der Waals surface area contributed by atoms with Crippen LogP contribution in [0.15, 0.2) is 78.0 Å². The van der Waals surface area contributed by atoms with E-state index in [1.54, 1.807) is 0 Å². The van der Waals surface area contributed by atoms with Crippen molar-refractivity contribution in [3.8, 4) is 11.4 Å². The van der Waals surface area contributed by atoms with Crippen LogP contribution in [0.3, 0.4) is 0 Å². The molecule has 1 N–H and O–H groups in total. The molecule has 0 atom stereocenters. The Labute approximate surface area is 204 Å². The normalized spacial score (nSPS) is 10.8. The lowest BCUT2D eigenvalue weighted by Crippen LogP contribution is -2.15. The molecule has 0 aliphatic carbocycles. The number of anilines is 1. The standard InChI is InChI=1S/C27H28N4O2S/c1-4-33-24-14-12-23(13-15-24)31-25(17-21-8-6-5-7-9-21)29-30-27(31)34-18-26(32)28-22-11-10-19(2)20(3)16-22/h5-16H,4,17-18H2,1-3H3,(H,28,32). The molecule has 4 aromatic rings. The van der Waals surface area contributed by atoms with Crippen molar-refractivity contribution in [1.29, 1.82) is 0 Å². The summed E-state index contributed by atoms with van der Waals surface area (Å²) in [6, 6.07) is 23.9. The van der Waals surface area contributed by atoms with Crippen LogP contribution in [0.5, 0.6) is 5.75 Å². The lowest BCUT2D eigenvalue weighted by Gasteiger charge is -2.12. The topological polar surface area (TPSA) is 69.0 Å². The van der Waals surface area contributed by atoms with E-state index in [1.165, 1.54) is 17.3 Å². The minimum atomic E-state index is -0.0842. The summed E-state index contributed by atoms with van der Waals surface area (Å²) in [6.07, 6.45) is 0.635. The number of nitrogens with one attached hydrogen (secondary N) is 1. The summed E-state index contributed by atoms with van der Waals surface area (Å²) in [5, 5.41) is 12.5. The fourth-order valence-electron chi connectivity index (χ4n) is 3.55. The molecular weight excluding hydrogens is 444 g/mol. The molecule has 1 aromatic heterocycles. The van der Waals surface area contributed by atoms with Crippen molar-refractivity contribution in [2.45, 2.75) is 32.3 Å². The van der Waals surface area contributed by atoms with Gasteiger partial charge in [0.15, 0.2) is 5.16 Å². The van der Waals surface area contributed by atoms with Crippen molar-refractivity contribution in [2.24, 2.45) is 0 Å². The molecule has 0 fully saturated rings. The third-order valence-electron chi connectivity index (χ3n) is 5.43. The van der Waals surface area contributed by atoms with E-state index in [1.807, 2.05) is 79.1 Å². The first-order valence-electron chi connectivity index (χ1n) is 11.2. The summed E-state index contributed by atoms with van der Waals surface area (Å²) in [5.74, 6) is 1.77. The number of aryl methyl sites for hydroxylation is 2. The summed E-state index contributed by atoms with van der Waals surface area (Å²) in [6.45, 7) is 6.66. The SMILES string of the molecule is CCOc1ccc(-n2c(Cc3ccccc3)nnc2SCC(=O)Nc2ccc(C)c(C)c2)cc1. The fourth-order valence-corrected chi connectivity index (χ4v) is 4.32. The highest BCUT2D eigenvalue weighted by Crippen LogP contribution is 2.25. The smallest absolute Gasteiger partial charge is 0.234 e. The van der Waals surface area contributed by atoms with E-state index in [4.69, 9.17) is 4.74 Å². The molecule has 4 rings (SSSR count). The molecule has 34 heavy (non-hydrogen) atoms. The van der Waals surface area contributed by atoms with Crippen LogP contribution in [-0.2, 0) is 11.2 Å². The number of carbonyl (C=O) groups is 1. The van der Waals surface area contributed by atoms with Gasteiger partial charge in [-0.25, -0.2) is 0 Å². The molecule has 1 heterocycles. The van der Waals surface area contributed by atoms with Crippen LogP contribution in [0.25, 0.3) is 5.69 Å². The molecule has 0 radical (unpaired) electrons. The average molecular weight is 473 g/mol. The quantitative estimate of drug-likeness (QED) is 0.321. The first kappa shape index (κ1) is 23.6. The van der Waals surface area contributed by atoms with Crippen LogP contribution in [0.4, 0.5) is 5.69 Å². The second kappa shape index (κ2) is 11.0. The van der Waals surface area contributed by atoms with Crippen LogP contribution in [-0.4, -0.2) is 33.0 Å². The molecule has 0 aliphatic rings. The molecule has 0 aliphatic heterocycles. The first-order valence-corrected chi connectivity index (χ1v) is 12.2. The van der Waals surface area contributed by atoms with E-state index in [2.05, 4.69) is 34.6 Å². The molecule has 6 nitrogen and oxygen atoms in total. The Morgan fingerprint density at radius 2 is 1.74 bits per heavy atom. The zero-order valence-electron chi connectivity index (χ0n) is 19.6. The van der Waals surface area contributed by atoms with Gasteiger partial charge < -0.3 is 10.1 Å². The first-order chi connectivity index (χ1) is 16.5. The number of ether oxygens (including phenoxy) is 1. The molecule has 7 heteroatoms. The molecule has 0 saturated heterocycles. The van der Waals surface area contributed by atoms with Gasteiger partial charge >= 0.3 is 0 Å². The van der Waals surface area contributed by atoms with Crippen LogP contribution < -0.4 is 10.1 Å². The van der Waals surface area contributed by atoms with E-state index in [-0.39, 0.29) is 11.7 Å². The average Bonchev–Trinajstić information content (AvgIpc) is 3.24. The number of aromatic nitrogens is 3. The van der Waals surface area contributed by atoms with Crippen molar-refractivity contribution in [2.75, 3.05) is 17.7 Å².